The summed E-state index contributed by atoms with van der Waals surface area (Å²) in [6.45, 7) is 6.96. The number of nitrogens with zero attached hydrogens (tertiary/aromatic N) is 4. The summed E-state index contributed by atoms with van der Waals surface area (Å²) in [4.78, 5) is 20.5. The van der Waals surface area contributed by atoms with Crippen LogP contribution in [0.5, 0.6) is 0 Å². The molecule has 0 saturated carbocycles. The molecule has 0 bridgehead atoms. The van der Waals surface area contributed by atoms with Crippen LogP contribution in [0.3, 0.4) is 0 Å². The summed E-state index contributed by atoms with van der Waals surface area (Å²) in [7, 11) is 0. The van der Waals surface area contributed by atoms with Gasteiger partial charge in [0.1, 0.15) is 22.9 Å². The fraction of sp³-hybridized carbons (Fsp3) is 0.538. The summed E-state index contributed by atoms with van der Waals surface area (Å²) in [6.07, 6.45) is 2.22. The lowest BCUT2D eigenvalue weighted by Crippen LogP contribution is -2.15. The standard InChI is InChI=1S/C13H18N4OS/c1-9(2)6-17-12(14-8-15-17)4-11(18)5-13-16-10(3)7-19-13/h7-9H,4-6H2,1-3H3. The average Bonchev–Trinajstić information content (AvgIpc) is 2.88. The molecule has 0 aliphatic rings. The van der Waals surface area contributed by atoms with E-state index in [1.54, 1.807) is 0 Å². The molecule has 0 aliphatic heterocycles. The number of carbonyl (C=O) groups is 1. The maximum Gasteiger partial charge on any atom is 0.147 e. The second kappa shape index (κ2) is 6.06. The van der Waals surface area contributed by atoms with Crippen LogP contribution in [0.4, 0.5) is 0 Å². The Morgan fingerprint density at radius 2 is 2.21 bits per heavy atom. The zero-order valence-electron chi connectivity index (χ0n) is 11.5. The molecule has 2 aromatic heterocycles. The van der Waals surface area contributed by atoms with E-state index < -0.39 is 0 Å². The van der Waals surface area contributed by atoms with Crippen molar-refractivity contribution in [3.63, 3.8) is 0 Å². The van der Waals surface area contributed by atoms with Crippen molar-refractivity contribution < 1.29 is 4.79 Å². The third-order valence-electron chi connectivity index (χ3n) is 2.60. The molecule has 0 atom stereocenters. The van der Waals surface area contributed by atoms with Crippen LogP contribution in [0, 0.1) is 12.8 Å². The highest BCUT2D eigenvalue weighted by atomic mass is 32.1. The van der Waals surface area contributed by atoms with Gasteiger partial charge in [-0.05, 0) is 12.8 Å². The predicted octanol–water partition coefficient (Wildman–Crippen LogP) is 2.05. The van der Waals surface area contributed by atoms with Gasteiger partial charge in [-0.25, -0.2) is 14.6 Å². The Balaban J connectivity index is 1.97. The van der Waals surface area contributed by atoms with E-state index in [0.29, 0.717) is 18.8 Å². The zero-order chi connectivity index (χ0) is 13.8. The maximum absolute atomic E-state index is 12.0. The quantitative estimate of drug-likeness (QED) is 0.811. The molecule has 0 spiro atoms. The topological polar surface area (TPSA) is 60.7 Å². The molecule has 0 amide bonds. The summed E-state index contributed by atoms with van der Waals surface area (Å²) < 4.78 is 1.82. The first-order chi connectivity index (χ1) is 9.04. The van der Waals surface area contributed by atoms with Gasteiger partial charge < -0.3 is 0 Å². The number of rotatable bonds is 6. The lowest BCUT2D eigenvalue weighted by Gasteiger charge is -2.07. The summed E-state index contributed by atoms with van der Waals surface area (Å²) >= 11 is 1.53. The Labute approximate surface area is 116 Å². The number of thiazole rings is 1. The largest absolute Gasteiger partial charge is 0.299 e. The number of carbonyl (C=O) groups excluding carboxylic acids is 1. The monoisotopic (exact) mass is 278 g/mol. The molecule has 0 saturated heterocycles. The van der Waals surface area contributed by atoms with Gasteiger partial charge in [0.2, 0.25) is 0 Å². The summed E-state index contributed by atoms with van der Waals surface area (Å²) in [5.74, 6) is 1.36. The molecule has 5 nitrogen and oxygen atoms in total. The maximum atomic E-state index is 12.0. The Hall–Kier alpha value is -1.56. The highest BCUT2D eigenvalue weighted by molar-refractivity contribution is 7.09. The van der Waals surface area contributed by atoms with E-state index in [9.17, 15) is 4.79 Å². The van der Waals surface area contributed by atoms with Gasteiger partial charge in [0, 0.05) is 17.6 Å². The highest BCUT2D eigenvalue weighted by Crippen LogP contribution is 2.11. The third kappa shape index (κ3) is 3.96. The molecule has 0 unspecified atom stereocenters. The van der Waals surface area contributed by atoms with Crippen LogP contribution in [0.15, 0.2) is 11.7 Å². The molecule has 2 aromatic rings. The molecule has 19 heavy (non-hydrogen) atoms. The highest BCUT2D eigenvalue weighted by Gasteiger charge is 2.13. The Morgan fingerprint density at radius 1 is 1.42 bits per heavy atom. The van der Waals surface area contributed by atoms with Gasteiger partial charge in [-0.15, -0.1) is 11.3 Å². The number of aromatic nitrogens is 4. The normalized spacial score (nSPS) is 11.2. The zero-order valence-corrected chi connectivity index (χ0v) is 12.3. The molecule has 0 radical (unpaired) electrons. The first-order valence-corrected chi connectivity index (χ1v) is 7.22. The molecule has 2 rings (SSSR count). The second-order valence-corrected chi connectivity index (χ2v) is 5.97. The molecule has 0 N–H and O–H groups in total. The minimum Gasteiger partial charge on any atom is -0.299 e. The van der Waals surface area contributed by atoms with Crippen LogP contribution in [0.1, 0.15) is 30.4 Å². The van der Waals surface area contributed by atoms with Crippen molar-refractivity contribution in [3.8, 4) is 0 Å². The average molecular weight is 278 g/mol. The fourth-order valence-corrected chi connectivity index (χ4v) is 2.62. The summed E-state index contributed by atoms with van der Waals surface area (Å²) in [5, 5.41) is 7.00. The molecule has 6 heteroatoms. The Kier molecular flexibility index (Phi) is 4.42. The van der Waals surface area contributed by atoms with Crippen LogP contribution >= 0.6 is 11.3 Å². The number of Topliss-reactive ketones (excluding diaryl/α,β-unsaturated/α-hetero) is 1. The SMILES string of the molecule is Cc1csc(CC(=O)Cc2ncnn2CC(C)C)n1. The van der Waals surface area contributed by atoms with Crippen molar-refractivity contribution in [3.05, 3.63) is 28.2 Å². The molecule has 0 aromatic carbocycles. The molecule has 2 heterocycles. The summed E-state index contributed by atoms with van der Waals surface area (Å²) in [6, 6.07) is 0. The van der Waals surface area contributed by atoms with Gasteiger partial charge in [-0.1, -0.05) is 13.8 Å². The third-order valence-corrected chi connectivity index (χ3v) is 3.57. The van der Waals surface area contributed by atoms with Gasteiger partial charge in [-0.3, -0.25) is 4.79 Å². The van der Waals surface area contributed by atoms with E-state index in [4.69, 9.17) is 0 Å². The van der Waals surface area contributed by atoms with Crippen LogP contribution in [0.25, 0.3) is 0 Å². The Morgan fingerprint density at radius 3 is 2.84 bits per heavy atom. The smallest absolute Gasteiger partial charge is 0.147 e. The first-order valence-electron chi connectivity index (χ1n) is 6.34. The first kappa shape index (κ1) is 13.9. The van der Waals surface area contributed by atoms with E-state index in [-0.39, 0.29) is 5.78 Å². The van der Waals surface area contributed by atoms with E-state index >= 15 is 0 Å². The van der Waals surface area contributed by atoms with Crippen LogP contribution in [-0.2, 0) is 24.2 Å². The minimum absolute atomic E-state index is 0.132. The van der Waals surface area contributed by atoms with Gasteiger partial charge >= 0.3 is 0 Å². The molecular weight excluding hydrogens is 260 g/mol. The van der Waals surface area contributed by atoms with Crippen molar-refractivity contribution in [1.82, 2.24) is 19.7 Å². The van der Waals surface area contributed by atoms with Gasteiger partial charge in [0.15, 0.2) is 0 Å². The van der Waals surface area contributed by atoms with E-state index in [2.05, 4.69) is 28.9 Å². The van der Waals surface area contributed by atoms with E-state index in [0.717, 1.165) is 23.1 Å². The number of aryl methyl sites for hydroxylation is 1. The molecular formula is C13H18N4OS. The molecule has 102 valence electrons. The summed E-state index contributed by atoms with van der Waals surface area (Å²) in [5.41, 5.74) is 0.968. The van der Waals surface area contributed by atoms with Crippen LogP contribution < -0.4 is 0 Å². The van der Waals surface area contributed by atoms with Crippen LogP contribution in [-0.4, -0.2) is 25.5 Å². The lowest BCUT2D eigenvalue weighted by molar-refractivity contribution is -0.117. The van der Waals surface area contributed by atoms with Crippen molar-refractivity contribution in [1.29, 1.82) is 0 Å². The van der Waals surface area contributed by atoms with Crippen molar-refractivity contribution in [2.24, 2.45) is 5.92 Å². The van der Waals surface area contributed by atoms with Crippen molar-refractivity contribution in [2.75, 3.05) is 0 Å². The number of hydrogen-bond acceptors (Lipinski definition) is 5. The lowest BCUT2D eigenvalue weighted by atomic mass is 10.2. The van der Waals surface area contributed by atoms with Gasteiger partial charge in [0.25, 0.3) is 0 Å². The Bertz CT molecular complexity index is 558. The second-order valence-electron chi connectivity index (χ2n) is 5.03. The predicted molar refractivity (Wildman–Crippen MR) is 74.1 cm³/mol. The molecule has 0 fully saturated rings. The number of ketones is 1. The van der Waals surface area contributed by atoms with Gasteiger partial charge in [-0.2, -0.15) is 5.10 Å². The molecule has 0 aliphatic carbocycles. The van der Waals surface area contributed by atoms with E-state index in [1.807, 2.05) is 17.0 Å². The van der Waals surface area contributed by atoms with Gasteiger partial charge in [0.05, 0.1) is 12.8 Å². The number of hydrogen-bond donors (Lipinski definition) is 0. The van der Waals surface area contributed by atoms with Crippen molar-refractivity contribution in [2.45, 2.75) is 40.2 Å². The fourth-order valence-electron chi connectivity index (χ4n) is 1.81. The van der Waals surface area contributed by atoms with E-state index in [1.165, 1.54) is 17.7 Å². The van der Waals surface area contributed by atoms with Crippen molar-refractivity contribution >= 4 is 17.1 Å². The minimum atomic E-state index is 0.132. The van der Waals surface area contributed by atoms with Crippen LogP contribution in [0.2, 0.25) is 0 Å².